The lowest BCUT2D eigenvalue weighted by molar-refractivity contribution is -0.151. The van der Waals surface area contributed by atoms with E-state index in [1.165, 1.54) is 0 Å². The van der Waals surface area contributed by atoms with Crippen molar-refractivity contribution in [3.8, 4) is 0 Å². The fraction of sp³-hybridized carbons (Fsp3) is 0.800. The van der Waals surface area contributed by atoms with Crippen molar-refractivity contribution in [2.45, 2.75) is 40.5 Å². The van der Waals surface area contributed by atoms with Crippen LogP contribution in [-0.4, -0.2) is 10.9 Å². The van der Waals surface area contributed by atoms with Gasteiger partial charge in [0.2, 0.25) is 5.39 Å². The van der Waals surface area contributed by atoms with Crippen LogP contribution in [0.4, 0.5) is 0 Å². The van der Waals surface area contributed by atoms with Gasteiger partial charge in [-0.2, -0.15) is 0 Å². The van der Waals surface area contributed by atoms with E-state index in [2.05, 4.69) is 18.8 Å². The van der Waals surface area contributed by atoms with Gasteiger partial charge in [0.25, 0.3) is 0 Å². The molecule has 0 aromatic carbocycles. The Hall–Kier alpha value is -1.37. The minimum Gasteiger partial charge on any atom is -0.505 e. The van der Waals surface area contributed by atoms with Gasteiger partial charge in [0.15, 0.2) is 10.7 Å². The second-order valence-corrected chi connectivity index (χ2v) is 6.80. The standard InChI is InChI=1S/C15H22N2O2/c1-8(2)10-5-12-9(3)14(19)11(10)6-15(12,4)13(18)7-17-16/h7-12H,5-6H2,1-4H3/p+1/b13-7-/t9-,10-,11-,12+,15+/m1/s1. The maximum atomic E-state index is 12.4. The topological polar surface area (TPSA) is 65.4 Å². The Labute approximate surface area is 114 Å². The molecule has 4 nitrogen and oxygen atoms in total. The summed E-state index contributed by atoms with van der Waals surface area (Å²) >= 11 is 0. The van der Waals surface area contributed by atoms with Gasteiger partial charge in [-0.15, -0.1) is 0 Å². The maximum absolute atomic E-state index is 12.4. The number of fused-ring (bicyclic) bond motifs is 3. The number of Topliss-reactive ketones (excluding diaryl/α,β-unsaturated/α-hetero) is 1. The highest BCUT2D eigenvalue weighted by molar-refractivity contribution is 5.86. The summed E-state index contributed by atoms with van der Waals surface area (Å²) in [4.78, 5) is 15.3. The predicted octanol–water partition coefficient (Wildman–Crippen LogP) is 3.76. The molecule has 3 saturated carbocycles. The number of carbonyl (C=O) groups is 1. The van der Waals surface area contributed by atoms with Crippen molar-refractivity contribution in [1.82, 2.24) is 0 Å². The molecule has 0 aromatic rings. The quantitative estimate of drug-likeness (QED) is 0.609. The lowest BCUT2D eigenvalue weighted by atomic mass is 9.47. The van der Waals surface area contributed by atoms with Gasteiger partial charge in [0.1, 0.15) is 5.78 Å². The van der Waals surface area contributed by atoms with E-state index in [4.69, 9.17) is 5.39 Å². The van der Waals surface area contributed by atoms with Crippen LogP contribution in [0.5, 0.6) is 0 Å². The van der Waals surface area contributed by atoms with E-state index in [9.17, 15) is 9.90 Å². The molecule has 0 aliphatic heterocycles. The molecule has 3 aliphatic carbocycles. The smallest absolute Gasteiger partial charge is 0.387 e. The van der Waals surface area contributed by atoms with Crippen LogP contribution in [-0.2, 0) is 4.79 Å². The van der Waals surface area contributed by atoms with Gasteiger partial charge in [0.05, 0.1) is 0 Å². The van der Waals surface area contributed by atoms with Gasteiger partial charge in [-0.1, -0.05) is 27.7 Å². The van der Waals surface area contributed by atoms with Crippen molar-refractivity contribution >= 4 is 5.78 Å². The molecular formula is C15H23N2O2+. The van der Waals surface area contributed by atoms with E-state index < -0.39 is 5.41 Å². The van der Waals surface area contributed by atoms with Crippen LogP contribution in [0.25, 0.3) is 4.98 Å². The first-order chi connectivity index (χ1) is 8.82. The fourth-order valence-electron chi connectivity index (χ4n) is 4.31. The lowest BCUT2D eigenvalue weighted by Crippen LogP contribution is -2.55. The molecule has 0 aromatic heterocycles. The molecule has 0 spiro atoms. The molecule has 1 N–H and O–H groups in total. The highest BCUT2D eigenvalue weighted by Crippen LogP contribution is 2.59. The zero-order valence-corrected chi connectivity index (χ0v) is 12.1. The summed E-state index contributed by atoms with van der Waals surface area (Å²) in [6.07, 6.45) is 2.75. The number of diazo groups is 1. The Kier molecular flexibility index (Phi) is 3.42. The van der Waals surface area contributed by atoms with Crippen LogP contribution in [0.1, 0.15) is 40.5 Å². The predicted molar refractivity (Wildman–Crippen MR) is 72.6 cm³/mol. The van der Waals surface area contributed by atoms with Crippen LogP contribution >= 0.6 is 0 Å². The van der Waals surface area contributed by atoms with Crippen LogP contribution in [0.15, 0.2) is 12.0 Å². The number of aliphatic hydroxyl groups excluding tert-OH is 1. The molecule has 3 aliphatic rings. The molecule has 3 fully saturated rings. The summed E-state index contributed by atoms with van der Waals surface area (Å²) in [6.45, 7) is 8.29. The maximum Gasteiger partial charge on any atom is 0.387 e. The first-order valence-corrected chi connectivity index (χ1v) is 7.10. The van der Waals surface area contributed by atoms with Crippen LogP contribution in [0.2, 0.25) is 0 Å². The molecule has 0 heterocycles. The summed E-state index contributed by atoms with van der Waals surface area (Å²) in [5.74, 6) is 1.50. The van der Waals surface area contributed by atoms with E-state index in [1.807, 2.05) is 13.8 Å². The number of hydrogen-bond donors (Lipinski definition) is 1. The Morgan fingerprint density at radius 1 is 1.58 bits per heavy atom. The van der Waals surface area contributed by atoms with E-state index in [1.54, 1.807) is 0 Å². The first-order valence-electron chi connectivity index (χ1n) is 7.10. The van der Waals surface area contributed by atoms with Crippen molar-refractivity contribution in [3.63, 3.8) is 0 Å². The number of nitrogens with zero attached hydrogens (tertiary/aromatic N) is 2. The molecular weight excluding hydrogens is 240 g/mol. The zero-order valence-electron chi connectivity index (χ0n) is 12.1. The second-order valence-electron chi connectivity index (χ2n) is 6.80. The zero-order chi connectivity index (χ0) is 14.4. The highest BCUT2D eigenvalue weighted by Gasteiger charge is 2.58. The third-order valence-electron chi connectivity index (χ3n) is 5.54. The largest absolute Gasteiger partial charge is 0.505 e. The highest BCUT2D eigenvalue weighted by atomic mass is 16.3. The van der Waals surface area contributed by atoms with Crippen molar-refractivity contribution in [2.24, 2.45) is 35.0 Å². The molecule has 0 unspecified atom stereocenters. The minimum atomic E-state index is -0.435. The Bertz CT molecular complexity index is 463. The fourth-order valence-corrected chi connectivity index (χ4v) is 4.31. The SMILES string of the molecule is CC(C)[C@H]1C[C@H]2[C@@H](C)C(=O)[C@@H]1C[C@]2(C)/C(O)=C/[N+]#N. The van der Waals surface area contributed by atoms with Gasteiger partial charge in [-0.05, 0) is 30.6 Å². The minimum absolute atomic E-state index is 0.0204. The molecule has 2 bridgehead atoms. The number of aliphatic hydroxyl groups is 1. The summed E-state index contributed by atoms with van der Waals surface area (Å²) in [5.41, 5.74) is -0.435. The Morgan fingerprint density at radius 2 is 2.21 bits per heavy atom. The third-order valence-corrected chi connectivity index (χ3v) is 5.54. The number of allylic oxidation sites excluding steroid dienone is 1. The molecule has 19 heavy (non-hydrogen) atoms. The first kappa shape index (κ1) is 14.0. The van der Waals surface area contributed by atoms with E-state index >= 15 is 0 Å². The Morgan fingerprint density at radius 3 is 2.74 bits per heavy atom. The normalized spacial score (nSPS) is 42.5. The molecule has 0 saturated heterocycles. The Balaban J connectivity index is 2.39. The molecule has 0 radical (unpaired) electrons. The average molecular weight is 263 g/mol. The van der Waals surface area contributed by atoms with Crippen molar-refractivity contribution in [3.05, 3.63) is 16.9 Å². The van der Waals surface area contributed by atoms with Gasteiger partial charge < -0.3 is 5.11 Å². The van der Waals surface area contributed by atoms with Gasteiger partial charge in [-0.25, -0.2) is 0 Å². The van der Waals surface area contributed by atoms with E-state index in [0.717, 1.165) is 12.6 Å². The molecule has 104 valence electrons. The van der Waals surface area contributed by atoms with Gasteiger partial charge in [-0.3, -0.25) is 4.79 Å². The van der Waals surface area contributed by atoms with E-state index in [0.29, 0.717) is 24.0 Å². The van der Waals surface area contributed by atoms with Crippen molar-refractivity contribution in [1.29, 1.82) is 5.39 Å². The summed E-state index contributed by atoms with van der Waals surface area (Å²) in [7, 11) is 0. The number of ketones is 1. The second kappa shape index (κ2) is 4.63. The number of rotatable bonds is 2. The summed E-state index contributed by atoms with van der Waals surface area (Å²) in [6, 6.07) is 0. The number of hydrogen-bond acceptors (Lipinski definition) is 3. The summed E-state index contributed by atoms with van der Waals surface area (Å²) < 4.78 is 0. The van der Waals surface area contributed by atoms with Crippen LogP contribution in [0.3, 0.4) is 0 Å². The van der Waals surface area contributed by atoms with Gasteiger partial charge >= 0.3 is 6.20 Å². The molecule has 4 heteroatoms. The number of carbonyl (C=O) groups excluding carboxylic acids is 1. The lowest BCUT2D eigenvalue weighted by Gasteiger charge is -2.55. The monoisotopic (exact) mass is 263 g/mol. The van der Waals surface area contributed by atoms with Crippen LogP contribution < -0.4 is 0 Å². The van der Waals surface area contributed by atoms with Crippen LogP contribution in [0, 0.1) is 40.4 Å². The average Bonchev–Trinajstić information content (AvgIpc) is 2.35. The molecule has 5 atom stereocenters. The molecule has 3 rings (SSSR count). The molecule has 0 amide bonds. The summed E-state index contributed by atoms with van der Waals surface area (Å²) in [5, 5.41) is 18.8. The van der Waals surface area contributed by atoms with Crippen molar-refractivity contribution in [2.75, 3.05) is 0 Å². The third kappa shape index (κ3) is 1.96. The van der Waals surface area contributed by atoms with Crippen molar-refractivity contribution < 1.29 is 9.90 Å². The van der Waals surface area contributed by atoms with E-state index in [-0.39, 0.29) is 23.5 Å². The van der Waals surface area contributed by atoms with Gasteiger partial charge in [0, 0.05) is 17.3 Å².